The van der Waals surface area contributed by atoms with Crippen molar-refractivity contribution in [2.75, 3.05) is 24.3 Å². The van der Waals surface area contributed by atoms with Crippen LogP contribution in [0.1, 0.15) is 59.8 Å². The second-order valence-electron chi connectivity index (χ2n) is 8.17. The molecule has 0 aliphatic rings. The molecular formula is C24H38N2O3. The lowest BCUT2D eigenvalue weighted by molar-refractivity contribution is -0.146. The number of hydrogen-bond acceptors (Lipinski definition) is 3. The minimum absolute atomic E-state index is 0.00254. The van der Waals surface area contributed by atoms with E-state index in [-0.39, 0.29) is 24.2 Å². The van der Waals surface area contributed by atoms with Crippen molar-refractivity contribution in [1.29, 1.82) is 0 Å². The highest BCUT2D eigenvalue weighted by atomic mass is 16.4. The molecule has 0 heterocycles. The minimum atomic E-state index is -0.887. The molecule has 0 aromatic heterocycles. The number of carboxylic acid groups (broad SMARTS) is 1. The molecule has 2 N–H and O–H groups in total. The molecule has 1 aromatic carbocycles. The van der Waals surface area contributed by atoms with E-state index in [9.17, 15) is 14.7 Å². The number of rotatable bonds is 12. The van der Waals surface area contributed by atoms with Crippen LogP contribution in [0, 0.1) is 17.8 Å². The Morgan fingerprint density at radius 1 is 1.17 bits per heavy atom. The number of allylic oxidation sites excluding steroid dienone is 2. The molecule has 3 atom stereocenters. The van der Waals surface area contributed by atoms with Crippen molar-refractivity contribution in [1.82, 2.24) is 0 Å². The largest absolute Gasteiger partial charge is 0.481 e. The van der Waals surface area contributed by atoms with Crippen LogP contribution >= 0.6 is 0 Å². The van der Waals surface area contributed by atoms with Crippen LogP contribution in [-0.2, 0) is 9.59 Å². The fraction of sp³-hybridized carbons (Fsp3) is 0.583. The van der Waals surface area contributed by atoms with Crippen molar-refractivity contribution in [3.63, 3.8) is 0 Å². The quantitative estimate of drug-likeness (QED) is 0.448. The maximum atomic E-state index is 12.5. The summed E-state index contributed by atoms with van der Waals surface area (Å²) in [7, 11) is 3.91. The van der Waals surface area contributed by atoms with Gasteiger partial charge in [-0.2, -0.15) is 0 Å². The lowest BCUT2D eigenvalue weighted by atomic mass is 9.77. The van der Waals surface area contributed by atoms with Crippen molar-refractivity contribution >= 4 is 23.3 Å². The molecule has 1 rings (SSSR count). The van der Waals surface area contributed by atoms with E-state index in [1.807, 2.05) is 50.2 Å². The van der Waals surface area contributed by atoms with Crippen LogP contribution in [0.25, 0.3) is 0 Å². The predicted octanol–water partition coefficient (Wildman–Crippen LogP) is 5.58. The van der Waals surface area contributed by atoms with E-state index < -0.39 is 11.9 Å². The van der Waals surface area contributed by atoms with Crippen molar-refractivity contribution in [2.24, 2.45) is 17.8 Å². The molecule has 0 saturated heterocycles. The zero-order chi connectivity index (χ0) is 22.0. The van der Waals surface area contributed by atoms with Crippen LogP contribution in [0.4, 0.5) is 11.4 Å². The van der Waals surface area contributed by atoms with Gasteiger partial charge in [0.15, 0.2) is 0 Å². The van der Waals surface area contributed by atoms with Crippen LogP contribution in [-0.4, -0.2) is 31.1 Å². The molecule has 0 fully saturated rings. The van der Waals surface area contributed by atoms with Gasteiger partial charge in [-0.3, -0.25) is 9.59 Å². The van der Waals surface area contributed by atoms with Gasteiger partial charge in [-0.25, -0.2) is 0 Å². The summed E-state index contributed by atoms with van der Waals surface area (Å²) < 4.78 is 0. The van der Waals surface area contributed by atoms with Gasteiger partial charge in [0.25, 0.3) is 0 Å². The van der Waals surface area contributed by atoms with Gasteiger partial charge in [0.05, 0.1) is 5.92 Å². The average Bonchev–Trinajstić information content (AvgIpc) is 2.67. The molecule has 1 aromatic rings. The minimum Gasteiger partial charge on any atom is -0.481 e. The molecule has 3 unspecified atom stereocenters. The Kier molecular flexibility index (Phi) is 10.5. The lowest BCUT2D eigenvalue weighted by Crippen LogP contribution is -2.32. The summed E-state index contributed by atoms with van der Waals surface area (Å²) in [5, 5.41) is 12.6. The van der Waals surface area contributed by atoms with Gasteiger partial charge in [0.1, 0.15) is 0 Å². The highest BCUT2D eigenvalue weighted by molar-refractivity contribution is 5.93. The molecule has 29 heavy (non-hydrogen) atoms. The zero-order valence-corrected chi connectivity index (χ0v) is 18.9. The van der Waals surface area contributed by atoms with Gasteiger partial charge in [0.2, 0.25) is 5.91 Å². The third-order valence-electron chi connectivity index (χ3n) is 5.78. The third-order valence-corrected chi connectivity index (χ3v) is 5.78. The van der Waals surface area contributed by atoms with Gasteiger partial charge in [0, 0.05) is 31.9 Å². The summed E-state index contributed by atoms with van der Waals surface area (Å²) in [6.45, 7) is 8.38. The van der Waals surface area contributed by atoms with Gasteiger partial charge in [-0.15, -0.1) is 0 Å². The number of nitrogens with one attached hydrogen (secondary N) is 1. The monoisotopic (exact) mass is 402 g/mol. The molecule has 5 heteroatoms. The second-order valence-corrected chi connectivity index (χ2v) is 8.17. The molecule has 0 aliphatic carbocycles. The molecule has 0 spiro atoms. The number of benzene rings is 1. The Hall–Kier alpha value is -2.30. The number of carbonyl (C=O) groups is 2. The van der Waals surface area contributed by atoms with Crippen LogP contribution in [0.3, 0.4) is 0 Å². The number of nitrogens with zero attached hydrogens (tertiary/aromatic N) is 1. The fourth-order valence-corrected chi connectivity index (χ4v) is 3.71. The molecule has 0 radical (unpaired) electrons. The Labute approximate surface area is 176 Å². The number of amides is 1. The first-order valence-corrected chi connectivity index (χ1v) is 10.6. The van der Waals surface area contributed by atoms with Gasteiger partial charge >= 0.3 is 5.97 Å². The van der Waals surface area contributed by atoms with Gasteiger partial charge in [-0.1, -0.05) is 38.8 Å². The molecule has 1 amide bonds. The third kappa shape index (κ3) is 8.30. The van der Waals surface area contributed by atoms with Crippen LogP contribution in [0.5, 0.6) is 0 Å². The van der Waals surface area contributed by atoms with Crippen molar-refractivity contribution in [3.05, 3.63) is 35.9 Å². The summed E-state index contributed by atoms with van der Waals surface area (Å²) in [5.41, 5.74) is 3.09. The highest BCUT2D eigenvalue weighted by Gasteiger charge is 2.32. The van der Waals surface area contributed by atoms with E-state index in [1.54, 1.807) is 0 Å². The van der Waals surface area contributed by atoms with E-state index in [4.69, 9.17) is 0 Å². The second kappa shape index (κ2) is 12.3. The van der Waals surface area contributed by atoms with Crippen molar-refractivity contribution in [3.8, 4) is 0 Å². The topological polar surface area (TPSA) is 69.6 Å². The van der Waals surface area contributed by atoms with E-state index >= 15 is 0 Å². The SMILES string of the molecule is CC/C(C)=C\CCC(C)C(CC)C(CC(=O)Nc1ccc(N(C)C)cc1)C(=O)O. The van der Waals surface area contributed by atoms with Crippen LogP contribution in [0.15, 0.2) is 35.9 Å². The van der Waals surface area contributed by atoms with Gasteiger partial charge < -0.3 is 15.3 Å². The number of carbonyl (C=O) groups excluding carboxylic acids is 1. The molecule has 0 aliphatic heterocycles. The fourth-order valence-electron chi connectivity index (χ4n) is 3.71. The van der Waals surface area contributed by atoms with E-state index in [1.165, 1.54) is 5.57 Å². The predicted molar refractivity (Wildman–Crippen MR) is 121 cm³/mol. The Bertz CT molecular complexity index is 680. The number of anilines is 2. The standard InChI is InChI=1S/C24H38N2O3/c1-7-17(3)10-9-11-18(4)21(8-2)22(24(28)29)16-23(27)25-19-12-14-20(15-13-19)26(5)6/h10,12-15,18,21-22H,7-9,11,16H2,1-6H3,(H,25,27)(H,28,29)/b17-10-. The lowest BCUT2D eigenvalue weighted by Gasteiger charge is -2.28. The smallest absolute Gasteiger partial charge is 0.307 e. The number of carboxylic acids is 1. The molecule has 5 nitrogen and oxygen atoms in total. The highest BCUT2D eigenvalue weighted by Crippen LogP contribution is 2.31. The first-order chi connectivity index (χ1) is 13.7. The summed E-state index contributed by atoms with van der Waals surface area (Å²) >= 11 is 0. The summed E-state index contributed by atoms with van der Waals surface area (Å²) in [6.07, 6.45) is 5.92. The molecular weight excluding hydrogens is 364 g/mol. The Morgan fingerprint density at radius 3 is 2.28 bits per heavy atom. The average molecular weight is 403 g/mol. The Morgan fingerprint density at radius 2 is 1.79 bits per heavy atom. The molecule has 0 saturated carbocycles. The van der Waals surface area contributed by atoms with E-state index in [0.717, 1.165) is 31.4 Å². The first kappa shape index (κ1) is 24.7. The number of aliphatic carboxylic acids is 1. The summed E-state index contributed by atoms with van der Waals surface area (Å²) in [6, 6.07) is 7.52. The van der Waals surface area contributed by atoms with Crippen molar-refractivity contribution < 1.29 is 14.7 Å². The maximum Gasteiger partial charge on any atom is 0.307 e. The van der Waals surface area contributed by atoms with E-state index in [2.05, 4.69) is 32.2 Å². The number of hydrogen-bond donors (Lipinski definition) is 2. The van der Waals surface area contributed by atoms with Gasteiger partial charge in [-0.05, 0) is 62.3 Å². The molecule has 0 bridgehead atoms. The van der Waals surface area contributed by atoms with E-state index in [0.29, 0.717) is 5.69 Å². The van der Waals surface area contributed by atoms with Crippen LogP contribution < -0.4 is 10.2 Å². The molecule has 162 valence electrons. The Balaban J connectivity index is 2.75. The summed E-state index contributed by atoms with van der Waals surface area (Å²) in [5.74, 6) is -1.59. The summed E-state index contributed by atoms with van der Waals surface area (Å²) in [4.78, 5) is 26.5. The first-order valence-electron chi connectivity index (χ1n) is 10.6. The maximum absolute atomic E-state index is 12.5. The van der Waals surface area contributed by atoms with Crippen molar-refractivity contribution in [2.45, 2.75) is 59.8 Å². The van der Waals surface area contributed by atoms with Crippen LogP contribution in [0.2, 0.25) is 0 Å². The normalized spacial score (nSPS) is 14.8. The zero-order valence-electron chi connectivity index (χ0n) is 18.9.